The summed E-state index contributed by atoms with van der Waals surface area (Å²) in [6.45, 7) is 3.84. The van der Waals surface area contributed by atoms with E-state index >= 15 is 0 Å². The van der Waals surface area contributed by atoms with Crippen molar-refractivity contribution in [3.63, 3.8) is 0 Å². The molecular weight excluding hydrogens is 204 g/mol. The van der Waals surface area contributed by atoms with Gasteiger partial charge >= 0.3 is 0 Å². The normalized spacial score (nSPS) is 12.4. The summed E-state index contributed by atoms with van der Waals surface area (Å²) in [6.07, 6.45) is 2.93. The second-order valence-electron chi connectivity index (χ2n) is 3.75. The van der Waals surface area contributed by atoms with Gasteiger partial charge in [-0.3, -0.25) is 4.79 Å². The minimum absolute atomic E-state index is 0.289. The maximum Gasteiger partial charge on any atom is 0.130 e. The van der Waals surface area contributed by atoms with E-state index in [-0.39, 0.29) is 5.78 Å². The molecule has 0 spiro atoms. The molecule has 0 aromatic heterocycles. The first kappa shape index (κ1) is 12.3. The molecule has 0 saturated heterocycles. The second-order valence-corrected chi connectivity index (χ2v) is 5.12. The maximum atomic E-state index is 11.1. The van der Waals surface area contributed by atoms with Crippen LogP contribution in [-0.4, -0.2) is 11.0 Å². The highest BCUT2D eigenvalue weighted by atomic mass is 32.2. The van der Waals surface area contributed by atoms with Gasteiger partial charge in [-0.05, 0) is 25.5 Å². The summed E-state index contributed by atoms with van der Waals surface area (Å²) in [7, 11) is 0. The molecule has 82 valence electrons. The fraction of sp³-hybridized carbons (Fsp3) is 0.462. The molecule has 1 rings (SSSR count). The number of thioether (sulfide) groups is 1. The lowest BCUT2D eigenvalue weighted by Gasteiger charge is -2.13. The molecule has 0 N–H and O–H groups in total. The van der Waals surface area contributed by atoms with Crippen LogP contribution in [0.15, 0.2) is 35.2 Å². The zero-order valence-electron chi connectivity index (χ0n) is 9.40. The van der Waals surface area contributed by atoms with Crippen molar-refractivity contribution < 1.29 is 4.79 Å². The molecule has 1 aromatic rings. The first-order valence-electron chi connectivity index (χ1n) is 5.43. The number of carbonyl (C=O) groups is 1. The highest BCUT2D eigenvalue weighted by molar-refractivity contribution is 8.00. The van der Waals surface area contributed by atoms with Crippen LogP contribution in [0.2, 0.25) is 0 Å². The SMILES string of the molecule is CCCC(CC(C)=O)Sc1ccccc1. The van der Waals surface area contributed by atoms with E-state index in [9.17, 15) is 4.79 Å². The molecule has 2 heteroatoms. The van der Waals surface area contributed by atoms with E-state index in [4.69, 9.17) is 0 Å². The van der Waals surface area contributed by atoms with Crippen LogP contribution in [-0.2, 0) is 4.79 Å². The Labute approximate surface area is 96.3 Å². The highest BCUT2D eigenvalue weighted by Gasteiger charge is 2.11. The Morgan fingerprint density at radius 1 is 1.33 bits per heavy atom. The van der Waals surface area contributed by atoms with E-state index in [1.54, 1.807) is 6.92 Å². The second kappa shape index (κ2) is 6.67. The highest BCUT2D eigenvalue weighted by Crippen LogP contribution is 2.28. The zero-order chi connectivity index (χ0) is 11.1. The quantitative estimate of drug-likeness (QED) is 0.678. The topological polar surface area (TPSA) is 17.1 Å². The third kappa shape index (κ3) is 5.03. The average Bonchev–Trinajstić information content (AvgIpc) is 2.18. The summed E-state index contributed by atoms with van der Waals surface area (Å²) in [6, 6.07) is 10.3. The Kier molecular flexibility index (Phi) is 5.48. The minimum Gasteiger partial charge on any atom is -0.300 e. The largest absolute Gasteiger partial charge is 0.300 e. The van der Waals surface area contributed by atoms with E-state index in [2.05, 4.69) is 19.1 Å². The van der Waals surface area contributed by atoms with Crippen LogP contribution in [0, 0.1) is 0 Å². The molecule has 0 radical (unpaired) electrons. The molecule has 0 heterocycles. The number of carbonyl (C=O) groups excluding carboxylic acids is 1. The molecule has 1 unspecified atom stereocenters. The Hall–Kier alpha value is -0.760. The number of rotatable bonds is 6. The van der Waals surface area contributed by atoms with Gasteiger partial charge in [0.25, 0.3) is 0 Å². The monoisotopic (exact) mass is 222 g/mol. The van der Waals surface area contributed by atoms with Crippen LogP contribution in [0.4, 0.5) is 0 Å². The molecule has 0 bridgehead atoms. The lowest BCUT2D eigenvalue weighted by Crippen LogP contribution is -2.07. The van der Waals surface area contributed by atoms with Gasteiger partial charge in [0, 0.05) is 16.6 Å². The van der Waals surface area contributed by atoms with Crippen LogP contribution in [0.5, 0.6) is 0 Å². The number of benzene rings is 1. The molecule has 15 heavy (non-hydrogen) atoms. The van der Waals surface area contributed by atoms with Gasteiger partial charge in [-0.25, -0.2) is 0 Å². The van der Waals surface area contributed by atoms with Crippen molar-refractivity contribution in [1.82, 2.24) is 0 Å². The van der Waals surface area contributed by atoms with Gasteiger partial charge in [0.15, 0.2) is 0 Å². The van der Waals surface area contributed by atoms with Gasteiger partial charge in [0.05, 0.1) is 0 Å². The van der Waals surface area contributed by atoms with Crippen molar-refractivity contribution in [2.45, 2.75) is 43.3 Å². The number of hydrogen-bond acceptors (Lipinski definition) is 2. The van der Waals surface area contributed by atoms with Gasteiger partial charge in [-0.15, -0.1) is 11.8 Å². The fourth-order valence-electron chi connectivity index (χ4n) is 1.54. The lowest BCUT2D eigenvalue weighted by atomic mass is 10.1. The molecule has 0 aliphatic heterocycles. The molecule has 0 fully saturated rings. The van der Waals surface area contributed by atoms with Crippen molar-refractivity contribution in [1.29, 1.82) is 0 Å². The molecule has 1 atom stereocenters. The summed E-state index contributed by atoms with van der Waals surface area (Å²) < 4.78 is 0. The van der Waals surface area contributed by atoms with Crippen molar-refractivity contribution >= 4 is 17.5 Å². The lowest BCUT2D eigenvalue weighted by molar-refractivity contribution is -0.117. The van der Waals surface area contributed by atoms with Gasteiger partial charge in [0.1, 0.15) is 5.78 Å². The molecule has 1 aromatic carbocycles. The zero-order valence-corrected chi connectivity index (χ0v) is 10.2. The van der Waals surface area contributed by atoms with Gasteiger partial charge in [-0.2, -0.15) is 0 Å². The number of Topliss-reactive ketones (excluding diaryl/α,β-unsaturated/α-hetero) is 1. The number of ketones is 1. The van der Waals surface area contributed by atoms with Crippen LogP contribution in [0.1, 0.15) is 33.1 Å². The third-order valence-corrected chi connectivity index (χ3v) is 3.45. The molecule has 0 saturated carbocycles. The summed E-state index contributed by atoms with van der Waals surface area (Å²) in [4.78, 5) is 12.4. The summed E-state index contributed by atoms with van der Waals surface area (Å²) in [5, 5.41) is 0.440. The van der Waals surface area contributed by atoms with E-state index in [0.29, 0.717) is 11.7 Å². The van der Waals surface area contributed by atoms with Crippen LogP contribution in [0.3, 0.4) is 0 Å². The van der Waals surface area contributed by atoms with Crippen LogP contribution >= 0.6 is 11.8 Å². The standard InChI is InChI=1S/C13H18OS/c1-3-7-13(10-11(2)14)15-12-8-5-4-6-9-12/h4-6,8-9,13H,3,7,10H2,1-2H3. The summed E-state index contributed by atoms with van der Waals surface area (Å²) in [5.41, 5.74) is 0. The predicted octanol–water partition coefficient (Wildman–Crippen LogP) is 3.93. The molecular formula is C13H18OS. The smallest absolute Gasteiger partial charge is 0.130 e. The first-order valence-corrected chi connectivity index (χ1v) is 6.31. The van der Waals surface area contributed by atoms with Crippen molar-refractivity contribution in [2.75, 3.05) is 0 Å². The van der Waals surface area contributed by atoms with Crippen molar-refractivity contribution in [3.8, 4) is 0 Å². The molecule has 0 amide bonds. The van der Waals surface area contributed by atoms with Crippen molar-refractivity contribution in [2.24, 2.45) is 0 Å². The van der Waals surface area contributed by atoms with Gasteiger partial charge in [0.2, 0.25) is 0 Å². The van der Waals surface area contributed by atoms with Crippen molar-refractivity contribution in [3.05, 3.63) is 30.3 Å². The average molecular weight is 222 g/mol. The molecule has 0 aliphatic carbocycles. The van der Waals surface area contributed by atoms with E-state index in [1.807, 2.05) is 30.0 Å². The van der Waals surface area contributed by atoms with E-state index in [1.165, 1.54) is 4.90 Å². The van der Waals surface area contributed by atoms with Gasteiger partial charge < -0.3 is 0 Å². The summed E-state index contributed by atoms with van der Waals surface area (Å²) >= 11 is 1.82. The van der Waals surface area contributed by atoms with Crippen LogP contribution < -0.4 is 0 Å². The maximum absolute atomic E-state index is 11.1. The third-order valence-electron chi connectivity index (χ3n) is 2.17. The minimum atomic E-state index is 0.289. The summed E-state index contributed by atoms with van der Waals surface area (Å²) in [5.74, 6) is 0.289. The van der Waals surface area contributed by atoms with E-state index in [0.717, 1.165) is 12.8 Å². The van der Waals surface area contributed by atoms with Crippen LogP contribution in [0.25, 0.3) is 0 Å². The number of hydrogen-bond donors (Lipinski definition) is 0. The molecule has 1 nitrogen and oxygen atoms in total. The molecule has 0 aliphatic rings. The Balaban J connectivity index is 2.54. The Bertz CT molecular complexity index is 295. The first-order chi connectivity index (χ1) is 7.22. The Morgan fingerprint density at radius 3 is 2.53 bits per heavy atom. The predicted molar refractivity (Wildman–Crippen MR) is 66.3 cm³/mol. The fourth-order valence-corrected chi connectivity index (χ4v) is 2.91. The van der Waals surface area contributed by atoms with E-state index < -0.39 is 0 Å². The Morgan fingerprint density at radius 2 is 2.00 bits per heavy atom. The van der Waals surface area contributed by atoms with Gasteiger partial charge in [-0.1, -0.05) is 31.5 Å².